The van der Waals surface area contributed by atoms with E-state index in [0.29, 0.717) is 13.1 Å². The second-order valence-electron chi connectivity index (χ2n) is 6.02. The van der Waals surface area contributed by atoms with Gasteiger partial charge in [-0.05, 0) is 32.4 Å². The summed E-state index contributed by atoms with van der Waals surface area (Å²) in [5.41, 5.74) is 17.5. The lowest BCUT2D eigenvalue weighted by atomic mass is 9.86. The van der Waals surface area contributed by atoms with E-state index in [0.717, 1.165) is 19.3 Å². The van der Waals surface area contributed by atoms with Crippen LogP contribution in [0.5, 0.6) is 0 Å². The Hall–Kier alpha value is -0.120. The number of unbranched alkanes of at least 4 members (excludes halogenated alkanes) is 8. The summed E-state index contributed by atoms with van der Waals surface area (Å²) in [6.45, 7) is 3.61. The Balaban J connectivity index is 3.44. The summed E-state index contributed by atoms with van der Waals surface area (Å²) in [5.74, 6) is 0. The van der Waals surface area contributed by atoms with Gasteiger partial charge in [0, 0.05) is 5.54 Å². The molecule has 0 atom stereocenters. The Morgan fingerprint density at radius 3 is 1.47 bits per heavy atom. The first kappa shape index (κ1) is 18.9. The molecule has 0 amide bonds. The van der Waals surface area contributed by atoms with Crippen molar-refractivity contribution in [1.29, 1.82) is 0 Å². The Labute approximate surface area is 120 Å². The van der Waals surface area contributed by atoms with Crippen molar-refractivity contribution in [3.05, 3.63) is 0 Å². The Bertz CT molecular complexity index is 177. The van der Waals surface area contributed by atoms with Crippen molar-refractivity contribution in [2.75, 3.05) is 13.1 Å². The molecule has 0 spiro atoms. The van der Waals surface area contributed by atoms with E-state index in [9.17, 15) is 0 Å². The van der Waals surface area contributed by atoms with E-state index in [1.54, 1.807) is 0 Å². The Kier molecular flexibility index (Phi) is 12.8. The number of nitrogens with two attached hydrogens (primary N) is 3. The molecule has 3 heteroatoms. The van der Waals surface area contributed by atoms with Gasteiger partial charge in [-0.3, -0.25) is 0 Å². The van der Waals surface area contributed by atoms with E-state index in [2.05, 4.69) is 6.92 Å². The van der Waals surface area contributed by atoms with Gasteiger partial charge in [-0.15, -0.1) is 0 Å². The van der Waals surface area contributed by atoms with Crippen molar-refractivity contribution < 1.29 is 0 Å². The molecule has 0 saturated heterocycles. The highest BCUT2D eigenvalue weighted by atomic mass is 14.8. The van der Waals surface area contributed by atoms with Crippen molar-refractivity contribution in [2.24, 2.45) is 17.2 Å². The predicted molar refractivity (Wildman–Crippen MR) is 86.1 cm³/mol. The average molecular weight is 271 g/mol. The van der Waals surface area contributed by atoms with E-state index >= 15 is 0 Å². The molecule has 0 fully saturated rings. The smallest absolute Gasteiger partial charge is 0.0178 e. The third kappa shape index (κ3) is 11.4. The maximum Gasteiger partial charge on any atom is 0.0178 e. The van der Waals surface area contributed by atoms with Gasteiger partial charge in [0.25, 0.3) is 0 Å². The molecule has 0 rings (SSSR count). The highest BCUT2D eigenvalue weighted by Gasteiger charge is 2.22. The summed E-state index contributed by atoms with van der Waals surface area (Å²) in [5, 5.41) is 0. The molecule has 0 aromatic carbocycles. The molecule has 0 radical (unpaired) electrons. The third-order valence-electron chi connectivity index (χ3n) is 4.06. The summed E-state index contributed by atoms with van der Waals surface area (Å²) >= 11 is 0. The van der Waals surface area contributed by atoms with Gasteiger partial charge in [0.15, 0.2) is 0 Å². The van der Waals surface area contributed by atoms with E-state index in [4.69, 9.17) is 17.2 Å². The highest BCUT2D eigenvalue weighted by molar-refractivity contribution is 4.84. The second kappa shape index (κ2) is 12.9. The van der Waals surface area contributed by atoms with E-state index in [1.165, 1.54) is 57.8 Å². The first-order valence-corrected chi connectivity index (χ1v) is 8.37. The molecule has 0 aliphatic heterocycles. The van der Waals surface area contributed by atoms with Crippen LogP contribution in [0.15, 0.2) is 0 Å². The van der Waals surface area contributed by atoms with Gasteiger partial charge in [-0.1, -0.05) is 64.7 Å². The molecule has 19 heavy (non-hydrogen) atoms. The van der Waals surface area contributed by atoms with Crippen molar-refractivity contribution in [3.8, 4) is 0 Å². The third-order valence-corrected chi connectivity index (χ3v) is 4.06. The average Bonchev–Trinajstić information content (AvgIpc) is 2.37. The normalized spacial score (nSPS) is 12.0. The monoisotopic (exact) mass is 271 g/mol. The topological polar surface area (TPSA) is 78.1 Å². The van der Waals surface area contributed by atoms with Gasteiger partial charge in [0.1, 0.15) is 0 Å². The van der Waals surface area contributed by atoms with Crippen molar-refractivity contribution in [1.82, 2.24) is 0 Å². The number of hydrogen-bond donors (Lipinski definition) is 3. The molecule has 0 heterocycles. The molecule has 0 aromatic heterocycles. The molecule has 0 aliphatic rings. The van der Waals surface area contributed by atoms with Crippen LogP contribution in [0, 0.1) is 0 Å². The molecule has 0 saturated carbocycles. The van der Waals surface area contributed by atoms with Gasteiger partial charge in [-0.25, -0.2) is 0 Å². The predicted octanol–water partition coefficient (Wildman–Crippen LogP) is 3.30. The van der Waals surface area contributed by atoms with Crippen molar-refractivity contribution in [2.45, 2.75) is 89.5 Å². The SMILES string of the molecule is CCCCCCCCCCCC(N)(CCN)CCN. The maximum atomic E-state index is 6.35. The fraction of sp³-hybridized carbons (Fsp3) is 1.00. The largest absolute Gasteiger partial charge is 0.330 e. The minimum Gasteiger partial charge on any atom is -0.330 e. The number of rotatable bonds is 14. The lowest BCUT2D eigenvalue weighted by Crippen LogP contribution is -2.43. The first-order chi connectivity index (χ1) is 9.18. The molecule has 0 unspecified atom stereocenters. The minimum atomic E-state index is -0.107. The molecular formula is C16H37N3. The summed E-state index contributed by atoms with van der Waals surface area (Å²) in [4.78, 5) is 0. The minimum absolute atomic E-state index is 0.107. The van der Waals surface area contributed by atoms with Crippen LogP contribution < -0.4 is 17.2 Å². The van der Waals surface area contributed by atoms with Crippen LogP contribution in [0.25, 0.3) is 0 Å². The first-order valence-electron chi connectivity index (χ1n) is 8.37. The second-order valence-corrected chi connectivity index (χ2v) is 6.02. The zero-order valence-corrected chi connectivity index (χ0v) is 13.1. The molecule has 0 bridgehead atoms. The Morgan fingerprint density at radius 1 is 0.632 bits per heavy atom. The molecule has 0 aromatic rings. The van der Waals surface area contributed by atoms with Gasteiger partial charge < -0.3 is 17.2 Å². The summed E-state index contributed by atoms with van der Waals surface area (Å²) in [7, 11) is 0. The summed E-state index contributed by atoms with van der Waals surface area (Å²) in [6, 6.07) is 0. The standard InChI is InChI=1S/C16H37N3/c1-2-3-4-5-6-7-8-9-10-11-16(19,12-14-17)13-15-18/h2-15,17-19H2,1H3. The summed E-state index contributed by atoms with van der Waals surface area (Å²) < 4.78 is 0. The van der Waals surface area contributed by atoms with Crippen LogP contribution in [0.2, 0.25) is 0 Å². The van der Waals surface area contributed by atoms with E-state index < -0.39 is 0 Å². The lowest BCUT2D eigenvalue weighted by molar-refractivity contribution is 0.334. The van der Waals surface area contributed by atoms with Crippen LogP contribution in [-0.2, 0) is 0 Å². The fourth-order valence-electron chi connectivity index (χ4n) is 2.74. The van der Waals surface area contributed by atoms with Crippen molar-refractivity contribution in [3.63, 3.8) is 0 Å². The van der Waals surface area contributed by atoms with Gasteiger partial charge in [0.2, 0.25) is 0 Å². The van der Waals surface area contributed by atoms with Gasteiger partial charge >= 0.3 is 0 Å². The van der Waals surface area contributed by atoms with Crippen LogP contribution in [0.3, 0.4) is 0 Å². The van der Waals surface area contributed by atoms with E-state index in [-0.39, 0.29) is 5.54 Å². The number of hydrogen-bond acceptors (Lipinski definition) is 3. The molecule has 116 valence electrons. The Morgan fingerprint density at radius 2 is 1.05 bits per heavy atom. The molecule has 0 aliphatic carbocycles. The van der Waals surface area contributed by atoms with Crippen LogP contribution in [0.4, 0.5) is 0 Å². The van der Waals surface area contributed by atoms with Crippen molar-refractivity contribution >= 4 is 0 Å². The van der Waals surface area contributed by atoms with Crippen LogP contribution in [0.1, 0.15) is 84.0 Å². The van der Waals surface area contributed by atoms with Crippen LogP contribution in [-0.4, -0.2) is 18.6 Å². The fourth-order valence-corrected chi connectivity index (χ4v) is 2.74. The lowest BCUT2D eigenvalue weighted by Gasteiger charge is -2.28. The maximum absolute atomic E-state index is 6.35. The highest BCUT2D eigenvalue weighted by Crippen LogP contribution is 2.20. The molecule has 3 nitrogen and oxygen atoms in total. The zero-order valence-electron chi connectivity index (χ0n) is 13.1. The quantitative estimate of drug-likeness (QED) is 0.424. The van der Waals surface area contributed by atoms with Crippen LogP contribution >= 0.6 is 0 Å². The van der Waals surface area contributed by atoms with Gasteiger partial charge in [-0.2, -0.15) is 0 Å². The molecular weight excluding hydrogens is 234 g/mol. The zero-order chi connectivity index (χ0) is 14.4. The van der Waals surface area contributed by atoms with Gasteiger partial charge in [0.05, 0.1) is 0 Å². The van der Waals surface area contributed by atoms with E-state index in [1.807, 2.05) is 0 Å². The summed E-state index contributed by atoms with van der Waals surface area (Å²) in [6.07, 6.45) is 15.1. The molecule has 6 N–H and O–H groups in total.